The molecule has 8 heteroatoms. The Labute approximate surface area is 194 Å². The summed E-state index contributed by atoms with van der Waals surface area (Å²) in [5.41, 5.74) is 3.46. The summed E-state index contributed by atoms with van der Waals surface area (Å²) in [6, 6.07) is 14.9. The summed E-state index contributed by atoms with van der Waals surface area (Å²) in [7, 11) is 4.26. The average molecular weight is 451 g/mol. The van der Waals surface area contributed by atoms with Gasteiger partial charge in [0, 0.05) is 24.7 Å². The van der Waals surface area contributed by atoms with E-state index in [9.17, 15) is 9.59 Å². The number of likely N-dealkylation sites (tertiary alicyclic amines) is 1. The predicted octanol–water partition coefficient (Wildman–Crippen LogP) is 2.53. The molecule has 0 aromatic heterocycles. The zero-order valence-corrected chi connectivity index (χ0v) is 19.3. The highest BCUT2D eigenvalue weighted by atomic mass is 16.7. The van der Waals surface area contributed by atoms with Crippen LogP contribution in [-0.2, 0) is 21.5 Å². The van der Waals surface area contributed by atoms with E-state index in [1.165, 1.54) is 10.6 Å². The van der Waals surface area contributed by atoms with Gasteiger partial charge in [0.25, 0.3) is 5.91 Å². The van der Waals surface area contributed by atoms with Gasteiger partial charge in [0.1, 0.15) is 18.4 Å². The molecule has 2 fully saturated rings. The lowest BCUT2D eigenvalue weighted by atomic mass is 9.81. The van der Waals surface area contributed by atoms with E-state index in [0.29, 0.717) is 24.9 Å². The van der Waals surface area contributed by atoms with Crippen molar-refractivity contribution in [1.29, 1.82) is 0 Å². The molecule has 3 atom stereocenters. The highest BCUT2D eigenvalue weighted by molar-refractivity contribution is 5.86. The maximum atomic E-state index is 12.6. The largest absolute Gasteiger partial charge is 0.413 e. The van der Waals surface area contributed by atoms with E-state index in [0.717, 1.165) is 24.2 Å². The first kappa shape index (κ1) is 21.7. The molecule has 33 heavy (non-hydrogen) atoms. The fraction of sp³-hybridized carbons (Fsp3) is 0.440. The van der Waals surface area contributed by atoms with Crippen molar-refractivity contribution in [3.8, 4) is 5.75 Å². The topological polar surface area (TPSA) is 74.3 Å². The van der Waals surface area contributed by atoms with Gasteiger partial charge in [-0.15, -0.1) is 0 Å². The average Bonchev–Trinajstić information content (AvgIpc) is 3.38. The molecule has 0 saturated carbocycles. The number of fused-ring (bicyclic) bond motifs is 3. The van der Waals surface area contributed by atoms with Crippen LogP contribution in [0.2, 0.25) is 0 Å². The number of rotatable bonds is 5. The first-order chi connectivity index (χ1) is 15.9. The van der Waals surface area contributed by atoms with Crippen LogP contribution in [0.5, 0.6) is 5.75 Å². The summed E-state index contributed by atoms with van der Waals surface area (Å²) >= 11 is 0. The maximum absolute atomic E-state index is 12.6. The summed E-state index contributed by atoms with van der Waals surface area (Å²) in [5, 5.41) is 3.97. The first-order valence-corrected chi connectivity index (χ1v) is 11.4. The van der Waals surface area contributed by atoms with Crippen LogP contribution in [0.25, 0.3) is 0 Å². The molecule has 5 rings (SSSR count). The zero-order valence-electron chi connectivity index (χ0n) is 19.3. The van der Waals surface area contributed by atoms with Crippen LogP contribution in [0.4, 0.5) is 10.5 Å². The lowest BCUT2D eigenvalue weighted by molar-refractivity contribution is -0.161. The number of carbonyl (C=O) groups excluding carboxylic acids is 2. The number of hydrogen-bond acceptors (Lipinski definition) is 6. The number of nitrogens with zero attached hydrogens (tertiary/aromatic N) is 3. The van der Waals surface area contributed by atoms with Gasteiger partial charge < -0.3 is 15.0 Å². The van der Waals surface area contributed by atoms with Crippen molar-refractivity contribution >= 4 is 17.7 Å². The van der Waals surface area contributed by atoms with Crippen LogP contribution in [0, 0.1) is 0 Å². The second-order valence-corrected chi connectivity index (χ2v) is 9.37. The molecule has 3 heterocycles. The normalized spacial score (nSPS) is 26.5. The predicted molar refractivity (Wildman–Crippen MR) is 124 cm³/mol. The van der Waals surface area contributed by atoms with Crippen molar-refractivity contribution in [2.75, 3.05) is 38.7 Å². The van der Waals surface area contributed by atoms with Crippen molar-refractivity contribution in [2.24, 2.45) is 0 Å². The lowest BCUT2D eigenvalue weighted by Crippen LogP contribution is -2.45. The minimum atomic E-state index is -0.751. The third kappa shape index (κ3) is 3.83. The standard InChI is InChI=1S/C25H30N4O4/c1-25-12-14-27(2)23(25)28(3)21-10-9-18(15-19(21)25)33-24(31)26-20-16-32-29(22(20)30)13-11-17-7-5-4-6-8-17/h4-10,15,20,23H,11-14,16H2,1-3H3,(H,26,31)/t20-,23-,25+/m1/s1. The van der Waals surface area contributed by atoms with Gasteiger partial charge in [-0.2, -0.15) is 0 Å². The molecule has 2 saturated heterocycles. The lowest BCUT2D eigenvalue weighted by Gasteiger charge is -2.32. The molecule has 0 spiro atoms. The molecule has 1 N–H and O–H groups in total. The van der Waals surface area contributed by atoms with E-state index in [4.69, 9.17) is 9.57 Å². The molecule has 0 unspecified atom stereocenters. The third-order valence-corrected chi connectivity index (χ3v) is 7.19. The molecule has 0 radical (unpaired) electrons. The Morgan fingerprint density at radius 1 is 1.21 bits per heavy atom. The Hall–Kier alpha value is -3.10. The summed E-state index contributed by atoms with van der Waals surface area (Å²) in [5.74, 6) is 0.214. The fourth-order valence-electron chi connectivity index (χ4n) is 5.52. The summed E-state index contributed by atoms with van der Waals surface area (Å²) in [6.07, 6.45) is 1.38. The maximum Gasteiger partial charge on any atom is 0.413 e. The highest BCUT2D eigenvalue weighted by Gasteiger charge is 2.52. The molecule has 3 aliphatic rings. The smallest absolute Gasteiger partial charge is 0.410 e. The van der Waals surface area contributed by atoms with Gasteiger partial charge in [-0.1, -0.05) is 37.3 Å². The van der Waals surface area contributed by atoms with Crippen molar-refractivity contribution in [1.82, 2.24) is 15.3 Å². The number of likely N-dealkylation sites (N-methyl/N-ethyl adjacent to an activating group) is 2. The van der Waals surface area contributed by atoms with Crippen molar-refractivity contribution in [3.63, 3.8) is 0 Å². The molecule has 174 valence electrons. The molecule has 0 aliphatic carbocycles. The Morgan fingerprint density at radius 3 is 2.79 bits per heavy atom. The van der Waals surface area contributed by atoms with E-state index < -0.39 is 12.1 Å². The van der Waals surface area contributed by atoms with E-state index >= 15 is 0 Å². The van der Waals surface area contributed by atoms with E-state index in [-0.39, 0.29) is 17.9 Å². The van der Waals surface area contributed by atoms with Gasteiger partial charge in [0.15, 0.2) is 0 Å². The molecule has 8 nitrogen and oxygen atoms in total. The Kier molecular flexibility index (Phi) is 5.50. The third-order valence-electron chi connectivity index (χ3n) is 7.19. The van der Waals surface area contributed by atoms with Crippen molar-refractivity contribution in [3.05, 3.63) is 59.7 Å². The zero-order chi connectivity index (χ0) is 23.2. The number of anilines is 1. The second kappa shape index (κ2) is 8.35. The Balaban J connectivity index is 1.19. The van der Waals surface area contributed by atoms with E-state index in [1.807, 2.05) is 42.5 Å². The molecule has 2 aromatic carbocycles. The highest BCUT2D eigenvalue weighted by Crippen LogP contribution is 2.51. The quantitative estimate of drug-likeness (QED) is 0.755. The van der Waals surface area contributed by atoms with Gasteiger partial charge >= 0.3 is 6.09 Å². The molecular weight excluding hydrogens is 420 g/mol. The number of benzene rings is 2. The van der Waals surface area contributed by atoms with Gasteiger partial charge in [-0.3, -0.25) is 14.5 Å². The van der Waals surface area contributed by atoms with Crippen LogP contribution < -0.4 is 15.0 Å². The summed E-state index contributed by atoms with van der Waals surface area (Å²) < 4.78 is 5.56. The summed E-state index contributed by atoms with van der Waals surface area (Å²) in [4.78, 5) is 35.3. The van der Waals surface area contributed by atoms with Crippen LogP contribution in [0.1, 0.15) is 24.5 Å². The number of ether oxygens (including phenoxy) is 1. The number of carbonyl (C=O) groups is 2. The molecule has 2 amide bonds. The van der Waals surface area contributed by atoms with Crippen LogP contribution in [-0.4, -0.2) is 68.0 Å². The molecule has 3 aliphatic heterocycles. The Bertz CT molecular complexity index is 1060. The van der Waals surface area contributed by atoms with Crippen LogP contribution in [0.3, 0.4) is 0 Å². The number of amides is 2. The van der Waals surface area contributed by atoms with Gasteiger partial charge in [-0.25, -0.2) is 9.86 Å². The number of hydroxylamine groups is 2. The number of hydrogen-bond donors (Lipinski definition) is 1. The fourth-order valence-corrected chi connectivity index (χ4v) is 5.52. The second-order valence-electron chi connectivity index (χ2n) is 9.37. The monoisotopic (exact) mass is 450 g/mol. The van der Waals surface area contributed by atoms with Gasteiger partial charge in [-0.05, 0) is 49.2 Å². The van der Waals surface area contributed by atoms with Gasteiger partial charge in [0.05, 0.1) is 12.7 Å². The molecular formula is C25H30N4O4. The van der Waals surface area contributed by atoms with Gasteiger partial charge in [0.2, 0.25) is 0 Å². The van der Waals surface area contributed by atoms with Crippen LogP contribution >= 0.6 is 0 Å². The minimum absolute atomic E-state index is 0.0107. The SMILES string of the molecule is CN1CC[C@@]2(C)c3cc(OC(=O)N[C@@H]4CON(CCc5ccccc5)C4=O)ccc3N(C)[C@@H]12. The molecule has 0 bridgehead atoms. The summed E-state index contributed by atoms with van der Waals surface area (Å²) in [6.45, 7) is 3.83. The molecule has 2 aromatic rings. The van der Waals surface area contributed by atoms with E-state index in [1.54, 1.807) is 6.07 Å². The first-order valence-electron chi connectivity index (χ1n) is 11.4. The van der Waals surface area contributed by atoms with Crippen molar-refractivity contribution < 1.29 is 19.2 Å². The Morgan fingerprint density at radius 2 is 2.00 bits per heavy atom. The van der Waals surface area contributed by atoms with Crippen molar-refractivity contribution in [2.45, 2.75) is 37.4 Å². The number of nitrogens with one attached hydrogen (secondary N) is 1. The minimum Gasteiger partial charge on any atom is -0.410 e. The van der Waals surface area contributed by atoms with E-state index in [2.05, 4.69) is 36.1 Å². The van der Waals surface area contributed by atoms with Crippen LogP contribution in [0.15, 0.2) is 48.5 Å².